The van der Waals surface area contributed by atoms with Gasteiger partial charge in [-0.3, -0.25) is 9.69 Å². The lowest BCUT2D eigenvalue weighted by Crippen LogP contribution is -2.45. The van der Waals surface area contributed by atoms with E-state index in [0.29, 0.717) is 13.0 Å². The van der Waals surface area contributed by atoms with Crippen molar-refractivity contribution in [1.29, 1.82) is 0 Å². The summed E-state index contributed by atoms with van der Waals surface area (Å²) in [6.45, 7) is 8.31. The molecule has 1 saturated heterocycles. The molecule has 1 heterocycles. The molecular formula is C20H33N3O2. The Morgan fingerprint density at radius 1 is 1.12 bits per heavy atom. The van der Waals surface area contributed by atoms with E-state index in [9.17, 15) is 4.79 Å². The van der Waals surface area contributed by atoms with Crippen molar-refractivity contribution in [2.75, 3.05) is 58.3 Å². The Kier molecular flexibility index (Phi) is 8.22. The highest BCUT2D eigenvalue weighted by Crippen LogP contribution is 2.19. The second-order valence-corrected chi connectivity index (χ2v) is 6.90. The number of nitrogens with zero attached hydrogens (tertiary/aromatic N) is 3. The van der Waals surface area contributed by atoms with Crippen molar-refractivity contribution < 1.29 is 9.53 Å². The van der Waals surface area contributed by atoms with Crippen LogP contribution in [0.2, 0.25) is 0 Å². The molecular weight excluding hydrogens is 314 g/mol. The standard InChI is InChI=1S/C20H33N3O2/c1-4-5-6-7-20(24)22(3)18-8-10-19(11-9-18)25-17-16-23-14-12-21(2)13-15-23/h8-11H,4-7,12-17H2,1-3H3. The third kappa shape index (κ3) is 6.67. The first-order valence-corrected chi connectivity index (χ1v) is 9.50. The van der Waals surface area contributed by atoms with Gasteiger partial charge in [0, 0.05) is 51.9 Å². The summed E-state index contributed by atoms with van der Waals surface area (Å²) in [6.07, 6.45) is 3.83. The van der Waals surface area contributed by atoms with E-state index in [0.717, 1.165) is 63.4 Å². The lowest BCUT2D eigenvalue weighted by Gasteiger charge is -2.32. The first-order valence-electron chi connectivity index (χ1n) is 9.50. The molecule has 1 aromatic rings. The predicted octanol–water partition coefficient (Wildman–Crippen LogP) is 2.86. The molecule has 1 aliphatic rings. The summed E-state index contributed by atoms with van der Waals surface area (Å²) in [6, 6.07) is 7.83. The first-order chi connectivity index (χ1) is 12.1. The van der Waals surface area contributed by atoms with Gasteiger partial charge in [0.1, 0.15) is 12.4 Å². The molecule has 1 aromatic carbocycles. The van der Waals surface area contributed by atoms with Gasteiger partial charge in [-0.05, 0) is 37.7 Å². The van der Waals surface area contributed by atoms with Crippen LogP contribution < -0.4 is 9.64 Å². The highest BCUT2D eigenvalue weighted by molar-refractivity contribution is 5.92. The highest BCUT2D eigenvalue weighted by Gasteiger charge is 2.13. The summed E-state index contributed by atoms with van der Waals surface area (Å²) in [5, 5.41) is 0. The van der Waals surface area contributed by atoms with Gasteiger partial charge in [0.05, 0.1) is 0 Å². The number of piperazine rings is 1. The van der Waals surface area contributed by atoms with Crippen molar-refractivity contribution in [2.45, 2.75) is 32.6 Å². The van der Waals surface area contributed by atoms with Crippen LogP contribution in [0.4, 0.5) is 5.69 Å². The van der Waals surface area contributed by atoms with Crippen molar-refractivity contribution in [3.63, 3.8) is 0 Å². The van der Waals surface area contributed by atoms with Gasteiger partial charge in [0.2, 0.25) is 5.91 Å². The van der Waals surface area contributed by atoms with Gasteiger partial charge < -0.3 is 14.5 Å². The number of carbonyl (C=O) groups excluding carboxylic acids is 1. The minimum atomic E-state index is 0.178. The molecule has 0 bridgehead atoms. The van der Waals surface area contributed by atoms with E-state index in [1.807, 2.05) is 31.3 Å². The van der Waals surface area contributed by atoms with E-state index in [1.165, 1.54) is 0 Å². The second-order valence-electron chi connectivity index (χ2n) is 6.90. The second kappa shape index (κ2) is 10.4. The SMILES string of the molecule is CCCCCC(=O)N(C)c1ccc(OCCN2CCN(C)CC2)cc1. The van der Waals surface area contributed by atoms with Crippen molar-refractivity contribution >= 4 is 11.6 Å². The first kappa shape index (κ1) is 19.7. The van der Waals surface area contributed by atoms with Gasteiger partial charge in [0.25, 0.3) is 0 Å². The van der Waals surface area contributed by atoms with Crippen LogP contribution in [0.15, 0.2) is 24.3 Å². The maximum absolute atomic E-state index is 12.2. The lowest BCUT2D eigenvalue weighted by molar-refractivity contribution is -0.118. The molecule has 0 unspecified atom stereocenters. The van der Waals surface area contributed by atoms with Crippen molar-refractivity contribution in [2.24, 2.45) is 0 Å². The van der Waals surface area contributed by atoms with Gasteiger partial charge in [-0.15, -0.1) is 0 Å². The predicted molar refractivity (Wildman–Crippen MR) is 103 cm³/mol. The smallest absolute Gasteiger partial charge is 0.226 e. The number of hydrogen-bond donors (Lipinski definition) is 0. The van der Waals surface area contributed by atoms with Crippen molar-refractivity contribution in [3.05, 3.63) is 24.3 Å². The fraction of sp³-hybridized carbons (Fsp3) is 0.650. The molecule has 5 heteroatoms. The van der Waals surface area contributed by atoms with Gasteiger partial charge in [-0.2, -0.15) is 0 Å². The number of ether oxygens (including phenoxy) is 1. The summed E-state index contributed by atoms with van der Waals surface area (Å²) >= 11 is 0. The molecule has 1 fully saturated rings. The summed E-state index contributed by atoms with van der Waals surface area (Å²) in [7, 11) is 4.01. The molecule has 25 heavy (non-hydrogen) atoms. The minimum Gasteiger partial charge on any atom is -0.492 e. The molecule has 1 amide bonds. The van der Waals surface area contributed by atoms with Crippen LogP contribution in [0.3, 0.4) is 0 Å². The number of hydrogen-bond acceptors (Lipinski definition) is 4. The Labute approximate surface area is 152 Å². The maximum atomic E-state index is 12.2. The van der Waals surface area contributed by atoms with E-state index in [2.05, 4.69) is 23.8 Å². The average molecular weight is 348 g/mol. The summed E-state index contributed by atoms with van der Waals surface area (Å²) in [4.78, 5) is 18.7. The summed E-state index contributed by atoms with van der Waals surface area (Å²) < 4.78 is 5.85. The number of unbranched alkanes of at least 4 members (excludes halogenated alkanes) is 2. The van der Waals surface area contributed by atoms with Crippen molar-refractivity contribution in [3.8, 4) is 5.75 Å². The number of carbonyl (C=O) groups is 1. The van der Waals surface area contributed by atoms with Gasteiger partial charge in [-0.1, -0.05) is 19.8 Å². The Morgan fingerprint density at radius 3 is 2.44 bits per heavy atom. The van der Waals surface area contributed by atoms with Crippen LogP contribution in [-0.4, -0.2) is 69.1 Å². The highest BCUT2D eigenvalue weighted by atomic mass is 16.5. The van der Waals surface area contributed by atoms with Gasteiger partial charge >= 0.3 is 0 Å². The zero-order valence-electron chi connectivity index (χ0n) is 16.0. The van der Waals surface area contributed by atoms with E-state index in [-0.39, 0.29) is 5.91 Å². The van der Waals surface area contributed by atoms with E-state index < -0.39 is 0 Å². The largest absolute Gasteiger partial charge is 0.492 e. The minimum absolute atomic E-state index is 0.178. The molecule has 5 nitrogen and oxygen atoms in total. The topological polar surface area (TPSA) is 36.0 Å². The fourth-order valence-corrected chi connectivity index (χ4v) is 2.97. The number of likely N-dealkylation sites (N-methyl/N-ethyl adjacent to an activating group) is 1. The lowest BCUT2D eigenvalue weighted by atomic mass is 10.2. The number of benzene rings is 1. The molecule has 1 aliphatic heterocycles. The van der Waals surface area contributed by atoms with E-state index in [1.54, 1.807) is 4.90 Å². The summed E-state index contributed by atoms with van der Waals surface area (Å²) in [5.74, 6) is 1.04. The molecule has 0 aromatic heterocycles. The van der Waals surface area contributed by atoms with Crippen LogP contribution in [0.5, 0.6) is 5.75 Å². The maximum Gasteiger partial charge on any atom is 0.226 e. The molecule has 140 valence electrons. The number of anilines is 1. The molecule has 0 aliphatic carbocycles. The molecule has 2 rings (SSSR count). The Balaban J connectivity index is 1.72. The Hall–Kier alpha value is -1.59. The quantitative estimate of drug-likeness (QED) is 0.644. The van der Waals surface area contributed by atoms with Crippen molar-refractivity contribution in [1.82, 2.24) is 9.80 Å². The van der Waals surface area contributed by atoms with Crippen LogP contribution >= 0.6 is 0 Å². The molecule has 0 atom stereocenters. The molecule has 0 radical (unpaired) electrons. The van der Waals surface area contributed by atoms with Crippen LogP contribution in [0.25, 0.3) is 0 Å². The fourth-order valence-electron chi connectivity index (χ4n) is 2.97. The third-order valence-corrected chi connectivity index (χ3v) is 4.86. The Morgan fingerprint density at radius 2 is 1.80 bits per heavy atom. The number of rotatable bonds is 9. The van der Waals surface area contributed by atoms with Crippen LogP contribution in [-0.2, 0) is 4.79 Å². The monoisotopic (exact) mass is 347 g/mol. The van der Waals surface area contributed by atoms with Gasteiger partial charge in [0.15, 0.2) is 0 Å². The Bertz CT molecular complexity index is 510. The average Bonchev–Trinajstić information content (AvgIpc) is 2.63. The third-order valence-electron chi connectivity index (χ3n) is 4.86. The van der Waals surface area contributed by atoms with Crippen LogP contribution in [0, 0.1) is 0 Å². The van der Waals surface area contributed by atoms with Crippen LogP contribution in [0.1, 0.15) is 32.6 Å². The number of amides is 1. The molecule has 0 saturated carbocycles. The molecule has 0 N–H and O–H groups in total. The van der Waals surface area contributed by atoms with E-state index in [4.69, 9.17) is 4.74 Å². The molecule has 0 spiro atoms. The summed E-state index contributed by atoms with van der Waals surface area (Å²) in [5.41, 5.74) is 0.924. The van der Waals surface area contributed by atoms with E-state index >= 15 is 0 Å². The normalized spacial score (nSPS) is 16.0. The zero-order chi connectivity index (χ0) is 18.1. The van der Waals surface area contributed by atoms with Gasteiger partial charge in [-0.25, -0.2) is 0 Å². The zero-order valence-corrected chi connectivity index (χ0v) is 16.0.